The molecule has 0 bridgehead atoms. The molecule has 0 N–H and O–H groups in total. The van der Waals surface area contributed by atoms with Gasteiger partial charge in [-0.15, -0.1) is 0 Å². The standard InChI is InChI=1S/C22H26N2O3S/c1-16-13-19-15-18(10-11-21(19)24(16)28(2,26)27)22(25)23-12-6-9-20(23)14-17-7-4-3-5-8-17/h3-5,7-8,10-11,15-16,20H,6,9,12-14H2,1-2H3. The number of rotatable bonds is 4. The first-order valence-electron chi connectivity index (χ1n) is 9.82. The Balaban J connectivity index is 1.56. The molecule has 2 aromatic rings. The number of anilines is 1. The minimum absolute atomic E-state index is 0.0479. The Bertz CT molecular complexity index is 988. The van der Waals surface area contributed by atoms with Crippen molar-refractivity contribution in [3.8, 4) is 0 Å². The largest absolute Gasteiger partial charge is 0.335 e. The van der Waals surface area contributed by atoms with Crippen LogP contribution in [0.25, 0.3) is 0 Å². The van der Waals surface area contributed by atoms with Crippen molar-refractivity contribution in [1.29, 1.82) is 0 Å². The van der Waals surface area contributed by atoms with Crippen LogP contribution in [0.2, 0.25) is 0 Å². The van der Waals surface area contributed by atoms with Crippen molar-refractivity contribution in [2.75, 3.05) is 17.1 Å². The maximum Gasteiger partial charge on any atom is 0.254 e. The first-order valence-corrected chi connectivity index (χ1v) is 11.7. The molecule has 4 rings (SSSR count). The fraction of sp³-hybridized carbons (Fsp3) is 0.409. The lowest BCUT2D eigenvalue weighted by molar-refractivity contribution is 0.0736. The van der Waals surface area contributed by atoms with Gasteiger partial charge in [-0.3, -0.25) is 9.10 Å². The molecule has 2 atom stereocenters. The average molecular weight is 399 g/mol. The van der Waals surface area contributed by atoms with Crippen LogP contribution in [-0.4, -0.2) is 44.1 Å². The van der Waals surface area contributed by atoms with Gasteiger partial charge < -0.3 is 4.90 Å². The number of likely N-dealkylation sites (tertiary alicyclic amines) is 1. The zero-order chi connectivity index (χ0) is 19.9. The van der Waals surface area contributed by atoms with E-state index in [2.05, 4.69) is 12.1 Å². The van der Waals surface area contributed by atoms with Gasteiger partial charge >= 0.3 is 0 Å². The summed E-state index contributed by atoms with van der Waals surface area (Å²) in [6.45, 7) is 2.68. The molecule has 0 aliphatic carbocycles. The molecule has 1 saturated heterocycles. The topological polar surface area (TPSA) is 57.7 Å². The van der Waals surface area contributed by atoms with Gasteiger partial charge in [0.2, 0.25) is 10.0 Å². The third-order valence-electron chi connectivity index (χ3n) is 5.79. The van der Waals surface area contributed by atoms with Crippen LogP contribution in [0.15, 0.2) is 48.5 Å². The number of carbonyl (C=O) groups excluding carboxylic acids is 1. The predicted octanol–water partition coefficient (Wildman–Crippen LogP) is 3.24. The maximum atomic E-state index is 13.2. The van der Waals surface area contributed by atoms with E-state index in [0.717, 1.165) is 31.4 Å². The molecule has 148 valence electrons. The summed E-state index contributed by atoms with van der Waals surface area (Å²) in [6.07, 6.45) is 4.78. The molecule has 0 spiro atoms. The Hall–Kier alpha value is -2.34. The summed E-state index contributed by atoms with van der Waals surface area (Å²) in [4.78, 5) is 15.2. The highest BCUT2D eigenvalue weighted by Crippen LogP contribution is 2.35. The lowest BCUT2D eigenvalue weighted by Crippen LogP contribution is -2.36. The first-order chi connectivity index (χ1) is 13.3. The third kappa shape index (κ3) is 3.53. The molecule has 2 aliphatic rings. The Morgan fingerprint density at radius 3 is 2.61 bits per heavy atom. The van der Waals surface area contributed by atoms with E-state index in [0.29, 0.717) is 17.7 Å². The van der Waals surface area contributed by atoms with E-state index in [1.54, 1.807) is 12.1 Å². The van der Waals surface area contributed by atoms with Crippen molar-refractivity contribution in [2.24, 2.45) is 0 Å². The van der Waals surface area contributed by atoms with Gasteiger partial charge in [0.1, 0.15) is 0 Å². The third-order valence-corrected chi connectivity index (χ3v) is 7.06. The summed E-state index contributed by atoms with van der Waals surface area (Å²) >= 11 is 0. The van der Waals surface area contributed by atoms with Crippen molar-refractivity contribution in [2.45, 2.75) is 44.7 Å². The van der Waals surface area contributed by atoms with E-state index >= 15 is 0 Å². The molecule has 2 heterocycles. The molecular formula is C22H26N2O3S. The molecular weight excluding hydrogens is 372 g/mol. The van der Waals surface area contributed by atoms with Crippen molar-refractivity contribution in [3.05, 3.63) is 65.2 Å². The summed E-state index contributed by atoms with van der Waals surface area (Å²) in [7, 11) is -3.32. The van der Waals surface area contributed by atoms with Gasteiger partial charge in [0.05, 0.1) is 11.9 Å². The minimum Gasteiger partial charge on any atom is -0.335 e. The smallest absolute Gasteiger partial charge is 0.254 e. The Labute approximate surface area is 167 Å². The zero-order valence-electron chi connectivity index (χ0n) is 16.3. The number of benzene rings is 2. The first kappa shape index (κ1) is 19.0. The van der Waals surface area contributed by atoms with Crippen LogP contribution in [0.3, 0.4) is 0 Å². The number of amides is 1. The van der Waals surface area contributed by atoms with Gasteiger partial charge in [-0.1, -0.05) is 30.3 Å². The van der Waals surface area contributed by atoms with Crippen LogP contribution >= 0.6 is 0 Å². The summed E-state index contributed by atoms with van der Waals surface area (Å²) < 4.78 is 25.7. The fourth-order valence-electron chi connectivity index (χ4n) is 4.61. The second-order valence-corrected chi connectivity index (χ2v) is 9.80. The Morgan fingerprint density at radius 1 is 1.14 bits per heavy atom. The van der Waals surface area contributed by atoms with Crippen LogP contribution in [0.5, 0.6) is 0 Å². The van der Waals surface area contributed by atoms with Crippen molar-refractivity contribution < 1.29 is 13.2 Å². The molecule has 1 fully saturated rings. The Morgan fingerprint density at radius 2 is 1.89 bits per heavy atom. The van der Waals surface area contributed by atoms with E-state index in [-0.39, 0.29) is 18.0 Å². The van der Waals surface area contributed by atoms with E-state index in [1.165, 1.54) is 16.1 Å². The highest BCUT2D eigenvalue weighted by molar-refractivity contribution is 7.92. The second kappa shape index (κ2) is 7.24. The van der Waals surface area contributed by atoms with E-state index < -0.39 is 10.0 Å². The molecule has 28 heavy (non-hydrogen) atoms. The van der Waals surface area contributed by atoms with Gasteiger partial charge in [-0.25, -0.2) is 8.42 Å². The molecule has 6 heteroatoms. The Kier molecular flexibility index (Phi) is 4.91. The molecule has 0 aromatic heterocycles. The molecule has 1 amide bonds. The SMILES string of the molecule is CC1Cc2cc(C(=O)N3CCCC3Cc3ccccc3)ccc2N1S(C)(=O)=O. The monoisotopic (exact) mass is 398 g/mol. The molecule has 0 saturated carbocycles. The lowest BCUT2D eigenvalue weighted by atomic mass is 10.0. The number of hydrogen-bond acceptors (Lipinski definition) is 3. The number of carbonyl (C=O) groups is 1. The van der Waals surface area contributed by atoms with Gasteiger partial charge in [0, 0.05) is 24.2 Å². The highest BCUT2D eigenvalue weighted by atomic mass is 32.2. The zero-order valence-corrected chi connectivity index (χ0v) is 17.2. The highest BCUT2D eigenvalue weighted by Gasteiger charge is 2.34. The van der Waals surface area contributed by atoms with Crippen LogP contribution in [0.4, 0.5) is 5.69 Å². The van der Waals surface area contributed by atoms with Crippen LogP contribution < -0.4 is 4.31 Å². The summed E-state index contributed by atoms with van der Waals surface area (Å²) in [6, 6.07) is 15.8. The molecule has 2 unspecified atom stereocenters. The van der Waals surface area contributed by atoms with E-state index in [1.807, 2.05) is 36.1 Å². The molecule has 2 aliphatic heterocycles. The van der Waals surface area contributed by atoms with Gasteiger partial charge in [-0.05, 0) is 61.9 Å². The van der Waals surface area contributed by atoms with Crippen molar-refractivity contribution >= 4 is 21.6 Å². The van der Waals surface area contributed by atoms with E-state index in [4.69, 9.17) is 0 Å². The van der Waals surface area contributed by atoms with Crippen LogP contribution in [-0.2, 0) is 22.9 Å². The lowest BCUT2D eigenvalue weighted by Gasteiger charge is -2.25. The quantitative estimate of drug-likeness (QED) is 0.794. The van der Waals surface area contributed by atoms with Crippen molar-refractivity contribution in [3.63, 3.8) is 0 Å². The number of fused-ring (bicyclic) bond motifs is 1. The van der Waals surface area contributed by atoms with Gasteiger partial charge in [0.15, 0.2) is 0 Å². The number of hydrogen-bond donors (Lipinski definition) is 0. The number of sulfonamides is 1. The number of nitrogens with zero attached hydrogens (tertiary/aromatic N) is 2. The maximum absolute atomic E-state index is 13.2. The van der Waals surface area contributed by atoms with Crippen LogP contribution in [0.1, 0.15) is 41.3 Å². The molecule has 2 aromatic carbocycles. The second-order valence-electron chi connectivity index (χ2n) is 7.94. The molecule has 0 radical (unpaired) electrons. The summed E-state index contributed by atoms with van der Waals surface area (Å²) in [5.74, 6) is 0.0479. The summed E-state index contributed by atoms with van der Waals surface area (Å²) in [5, 5.41) is 0. The summed E-state index contributed by atoms with van der Waals surface area (Å²) in [5.41, 5.74) is 3.54. The fourth-order valence-corrected chi connectivity index (χ4v) is 5.87. The van der Waals surface area contributed by atoms with Crippen molar-refractivity contribution in [1.82, 2.24) is 4.90 Å². The van der Waals surface area contributed by atoms with Gasteiger partial charge in [-0.2, -0.15) is 0 Å². The van der Waals surface area contributed by atoms with Crippen LogP contribution in [0, 0.1) is 0 Å². The minimum atomic E-state index is -3.32. The van der Waals surface area contributed by atoms with E-state index in [9.17, 15) is 13.2 Å². The predicted molar refractivity (Wildman–Crippen MR) is 111 cm³/mol. The van der Waals surface area contributed by atoms with Gasteiger partial charge in [0.25, 0.3) is 5.91 Å². The average Bonchev–Trinajstić information content (AvgIpc) is 3.24. The normalized spacial score (nSPS) is 21.8. The molecule has 5 nitrogen and oxygen atoms in total.